The summed E-state index contributed by atoms with van der Waals surface area (Å²) in [4.78, 5) is 0. The molecule has 2 aromatic carbocycles. The number of hydrogen-bond acceptors (Lipinski definition) is 1. The molecule has 20 heavy (non-hydrogen) atoms. The fraction of sp³-hybridized carbons (Fsp3) is 0.294. The summed E-state index contributed by atoms with van der Waals surface area (Å²) in [6.45, 7) is 4.45. The van der Waals surface area contributed by atoms with E-state index in [1.165, 1.54) is 11.1 Å². The first-order chi connectivity index (χ1) is 9.63. The zero-order chi connectivity index (χ0) is 14.5. The molecule has 1 nitrogen and oxygen atoms in total. The van der Waals surface area contributed by atoms with E-state index < -0.39 is 0 Å². The third-order valence-corrected chi connectivity index (χ3v) is 4.81. The van der Waals surface area contributed by atoms with Gasteiger partial charge in [-0.25, -0.2) is 0 Å². The van der Waals surface area contributed by atoms with Gasteiger partial charge in [0.2, 0.25) is 0 Å². The molecule has 1 atom stereocenters. The second kappa shape index (κ2) is 7.28. The molecule has 0 bridgehead atoms. The van der Waals surface area contributed by atoms with Crippen molar-refractivity contribution in [1.82, 2.24) is 0 Å². The van der Waals surface area contributed by atoms with Crippen LogP contribution in [0.15, 0.2) is 46.9 Å². The highest BCUT2D eigenvalue weighted by atomic mass is 79.9. The summed E-state index contributed by atoms with van der Waals surface area (Å²) in [6, 6.07) is 14.4. The van der Waals surface area contributed by atoms with E-state index in [9.17, 15) is 0 Å². The lowest BCUT2D eigenvalue weighted by Gasteiger charge is -2.11. The smallest absolute Gasteiger partial charge is 0.128 e. The lowest BCUT2D eigenvalue weighted by atomic mass is 9.99. The number of hydrogen-bond donors (Lipinski definition) is 0. The van der Waals surface area contributed by atoms with E-state index >= 15 is 0 Å². The molecule has 3 heteroatoms. The number of halogens is 2. The molecule has 2 rings (SSSR count). The van der Waals surface area contributed by atoms with Crippen LogP contribution in [0, 0.1) is 0 Å². The predicted octanol–water partition coefficient (Wildman–Crippen LogP) is 6.65. The minimum Gasteiger partial charge on any atom is -0.457 e. The lowest BCUT2D eigenvalue weighted by Crippen LogP contribution is -1.91. The Morgan fingerprint density at radius 3 is 2.25 bits per heavy atom. The topological polar surface area (TPSA) is 9.23 Å². The molecule has 106 valence electrons. The fourth-order valence-corrected chi connectivity index (χ4v) is 3.30. The maximum absolute atomic E-state index is 5.88. The molecule has 2 aromatic rings. The Kier molecular flexibility index (Phi) is 5.67. The molecule has 0 amide bonds. The van der Waals surface area contributed by atoms with E-state index in [2.05, 4.69) is 63.9 Å². The molecule has 0 aliphatic heterocycles. The molecule has 0 N–H and O–H groups in total. The summed E-state index contributed by atoms with van der Waals surface area (Å²) < 4.78 is 6.94. The number of ether oxygens (including phenoxy) is 1. The summed E-state index contributed by atoms with van der Waals surface area (Å²) in [6.07, 6.45) is 1.15. The maximum Gasteiger partial charge on any atom is 0.128 e. The minimum absolute atomic E-state index is 0.594. The van der Waals surface area contributed by atoms with Gasteiger partial charge in [0.15, 0.2) is 0 Å². The van der Waals surface area contributed by atoms with Crippen LogP contribution in [-0.2, 0) is 5.33 Å². The van der Waals surface area contributed by atoms with Crippen LogP contribution in [0.3, 0.4) is 0 Å². The average Bonchev–Trinajstić information content (AvgIpc) is 2.47. The third-order valence-electron chi connectivity index (χ3n) is 3.47. The van der Waals surface area contributed by atoms with Crippen molar-refractivity contribution in [2.45, 2.75) is 31.5 Å². The molecular formula is C17H18Br2O. The van der Waals surface area contributed by atoms with Gasteiger partial charge in [-0.1, -0.05) is 63.9 Å². The van der Waals surface area contributed by atoms with Gasteiger partial charge >= 0.3 is 0 Å². The highest BCUT2D eigenvalue weighted by Gasteiger charge is 2.05. The van der Waals surface area contributed by atoms with Gasteiger partial charge in [-0.3, -0.25) is 0 Å². The largest absolute Gasteiger partial charge is 0.457 e. The van der Waals surface area contributed by atoms with Crippen molar-refractivity contribution in [2.75, 3.05) is 0 Å². The Bertz CT molecular complexity index is 564. The summed E-state index contributed by atoms with van der Waals surface area (Å²) in [5.41, 5.74) is 2.57. The quantitative estimate of drug-likeness (QED) is 0.513. The van der Waals surface area contributed by atoms with Crippen molar-refractivity contribution in [3.05, 3.63) is 58.1 Å². The number of rotatable bonds is 5. The van der Waals surface area contributed by atoms with Gasteiger partial charge < -0.3 is 4.74 Å². The summed E-state index contributed by atoms with van der Waals surface area (Å²) >= 11 is 7.01. The van der Waals surface area contributed by atoms with Crippen molar-refractivity contribution < 1.29 is 4.74 Å². The fourth-order valence-electron chi connectivity index (χ4n) is 1.94. The molecule has 0 radical (unpaired) electrons. The molecule has 0 aliphatic carbocycles. The minimum atomic E-state index is 0.594. The highest BCUT2D eigenvalue weighted by molar-refractivity contribution is 9.10. The van der Waals surface area contributed by atoms with E-state index in [0.717, 1.165) is 27.7 Å². The lowest BCUT2D eigenvalue weighted by molar-refractivity contribution is 0.481. The van der Waals surface area contributed by atoms with Crippen LogP contribution in [0.4, 0.5) is 0 Å². The molecule has 0 saturated carbocycles. The summed E-state index contributed by atoms with van der Waals surface area (Å²) in [5.74, 6) is 2.31. The second-order valence-corrected chi connectivity index (χ2v) is 6.28. The Hall–Kier alpha value is -0.800. The molecule has 0 heterocycles. The predicted molar refractivity (Wildman–Crippen MR) is 92.0 cm³/mol. The van der Waals surface area contributed by atoms with E-state index in [1.807, 2.05) is 24.3 Å². The van der Waals surface area contributed by atoms with E-state index in [0.29, 0.717) is 5.92 Å². The van der Waals surface area contributed by atoms with E-state index in [-0.39, 0.29) is 0 Å². The van der Waals surface area contributed by atoms with Gasteiger partial charge in [0.05, 0.1) is 0 Å². The van der Waals surface area contributed by atoms with Gasteiger partial charge in [-0.05, 0) is 47.7 Å². The van der Waals surface area contributed by atoms with Gasteiger partial charge in [0, 0.05) is 9.80 Å². The summed E-state index contributed by atoms with van der Waals surface area (Å²) in [5, 5.41) is 0.831. The molecule has 1 unspecified atom stereocenters. The molecule has 0 fully saturated rings. The van der Waals surface area contributed by atoms with Gasteiger partial charge in [0.25, 0.3) is 0 Å². The van der Waals surface area contributed by atoms with E-state index in [4.69, 9.17) is 4.74 Å². The van der Waals surface area contributed by atoms with Gasteiger partial charge in [-0.15, -0.1) is 0 Å². The highest BCUT2D eigenvalue weighted by Crippen LogP contribution is 2.29. The Balaban J connectivity index is 2.12. The van der Waals surface area contributed by atoms with Crippen molar-refractivity contribution in [3.63, 3.8) is 0 Å². The second-order valence-electron chi connectivity index (χ2n) is 4.87. The first-order valence-electron chi connectivity index (χ1n) is 6.76. The Morgan fingerprint density at radius 2 is 1.70 bits per heavy atom. The van der Waals surface area contributed by atoms with Crippen molar-refractivity contribution in [3.8, 4) is 11.5 Å². The standard InChI is InChI=1S/C17H18Br2O/c1-3-12(2)13-4-7-15(8-5-13)20-16-9-6-14(11-18)17(19)10-16/h4-10,12H,3,11H2,1-2H3. The molecule has 0 spiro atoms. The van der Waals surface area contributed by atoms with Crippen molar-refractivity contribution >= 4 is 31.9 Å². The monoisotopic (exact) mass is 396 g/mol. The van der Waals surface area contributed by atoms with Gasteiger partial charge in [0.1, 0.15) is 11.5 Å². The first kappa shape index (κ1) is 15.6. The van der Waals surface area contributed by atoms with Crippen LogP contribution in [-0.4, -0.2) is 0 Å². The summed E-state index contributed by atoms with van der Waals surface area (Å²) in [7, 11) is 0. The average molecular weight is 398 g/mol. The molecule has 0 aliphatic rings. The van der Waals surface area contributed by atoms with Gasteiger partial charge in [-0.2, -0.15) is 0 Å². The number of benzene rings is 2. The van der Waals surface area contributed by atoms with Crippen molar-refractivity contribution in [2.24, 2.45) is 0 Å². The normalized spacial score (nSPS) is 12.2. The van der Waals surface area contributed by atoms with Crippen molar-refractivity contribution in [1.29, 1.82) is 0 Å². The maximum atomic E-state index is 5.88. The van der Waals surface area contributed by atoms with Crippen LogP contribution in [0.2, 0.25) is 0 Å². The van der Waals surface area contributed by atoms with Crippen LogP contribution in [0.5, 0.6) is 11.5 Å². The Morgan fingerprint density at radius 1 is 1.05 bits per heavy atom. The molecular weight excluding hydrogens is 380 g/mol. The SMILES string of the molecule is CCC(C)c1ccc(Oc2ccc(CBr)c(Br)c2)cc1. The molecule has 0 saturated heterocycles. The number of alkyl halides is 1. The van der Waals surface area contributed by atoms with Crippen LogP contribution in [0.25, 0.3) is 0 Å². The first-order valence-corrected chi connectivity index (χ1v) is 8.67. The zero-order valence-electron chi connectivity index (χ0n) is 11.7. The third kappa shape index (κ3) is 3.86. The van der Waals surface area contributed by atoms with Crippen LogP contribution < -0.4 is 4.74 Å². The van der Waals surface area contributed by atoms with Crippen LogP contribution in [0.1, 0.15) is 37.3 Å². The van der Waals surface area contributed by atoms with Crippen LogP contribution >= 0.6 is 31.9 Å². The molecule has 0 aromatic heterocycles. The Labute approximate surface area is 137 Å². The van der Waals surface area contributed by atoms with E-state index in [1.54, 1.807) is 0 Å². The zero-order valence-corrected chi connectivity index (χ0v) is 14.9.